The standard InChI is InChI=1S/C25H29N3O4/c1-3-14-28-21(23(30)26-16-9-5-6-10-16)25-13-12-18(32-25)19(20(25)24(28)31)22(29)27-17-11-7-4-8-15(17)2/h3-4,7-8,11-13,16,18-21H,1,5-6,9-10,14H2,2H3,(H,26,30)(H,27,29)/t18-,19-,20-,21+,25-/m0/s1. The van der Waals surface area contributed by atoms with Crippen LogP contribution in [0.5, 0.6) is 0 Å². The van der Waals surface area contributed by atoms with Crippen molar-refractivity contribution in [3.63, 3.8) is 0 Å². The average Bonchev–Trinajstić information content (AvgIpc) is 3.53. The summed E-state index contributed by atoms with van der Waals surface area (Å²) in [5.74, 6) is -2.12. The van der Waals surface area contributed by atoms with Crippen LogP contribution in [-0.2, 0) is 19.1 Å². The molecule has 7 nitrogen and oxygen atoms in total. The van der Waals surface area contributed by atoms with Gasteiger partial charge in [-0.3, -0.25) is 14.4 Å². The molecular formula is C25H29N3O4. The third-order valence-corrected chi connectivity index (χ3v) is 7.36. The molecule has 3 amide bonds. The zero-order valence-corrected chi connectivity index (χ0v) is 18.3. The van der Waals surface area contributed by atoms with Crippen molar-refractivity contribution >= 4 is 23.4 Å². The summed E-state index contributed by atoms with van der Waals surface area (Å²) in [6, 6.07) is 6.84. The largest absolute Gasteiger partial charge is 0.359 e. The molecule has 2 bridgehead atoms. The van der Waals surface area contributed by atoms with E-state index in [-0.39, 0.29) is 30.3 Å². The Balaban J connectivity index is 1.45. The summed E-state index contributed by atoms with van der Waals surface area (Å²) in [5, 5.41) is 6.10. The van der Waals surface area contributed by atoms with Gasteiger partial charge in [0.05, 0.1) is 17.9 Å². The summed E-state index contributed by atoms with van der Waals surface area (Å²) in [5.41, 5.74) is 0.526. The maximum absolute atomic E-state index is 13.6. The van der Waals surface area contributed by atoms with E-state index in [2.05, 4.69) is 17.2 Å². The van der Waals surface area contributed by atoms with Crippen LogP contribution in [0, 0.1) is 18.8 Å². The Hall–Kier alpha value is -2.93. The second kappa shape index (κ2) is 7.89. The molecule has 168 valence electrons. The molecule has 0 unspecified atom stereocenters. The van der Waals surface area contributed by atoms with E-state index in [4.69, 9.17) is 4.74 Å². The van der Waals surface area contributed by atoms with E-state index in [0.717, 1.165) is 31.2 Å². The molecule has 5 rings (SSSR count). The number of fused-ring (bicyclic) bond motifs is 1. The number of likely N-dealkylation sites (tertiary alicyclic amines) is 1. The monoisotopic (exact) mass is 435 g/mol. The van der Waals surface area contributed by atoms with Gasteiger partial charge >= 0.3 is 0 Å². The Morgan fingerprint density at radius 1 is 1.25 bits per heavy atom. The maximum atomic E-state index is 13.6. The van der Waals surface area contributed by atoms with Crippen LogP contribution in [0.25, 0.3) is 0 Å². The predicted octanol–water partition coefficient (Wildman–Crippen LogP) is 2.33. The minimum atomic E-state index is -1.12. The second-order valence-electron chi connectivity index (χ2n) is 9.27. The highest BCUT2D eigenvalue weighted by Crippen LogP contribution is 2.55. The molecule has 1 spiro atoms. The molecular weight excluding hydrogens is 406 g/mol. The summed E-state index contributed by atoms with van der Waals surface area (Å²) in [7, 11) is 0. The van der Waals surface area contributed by atoms with Gasteiger partial charge in [-0.25, -0.2) is 0 Å². The molecule has 0 aromatic heterocycles. The van der Waals surface area contributed by atoms with Gasteiger partial charge in [-0.1, -0.05) is 49.3 Å². The Labute approximate surface area is 187 Å². The summed E-state index contributed by atoms with van der Waals surface area (Å²) in [4.78, 5) is 41.8. The van der Waals surface area contributed by atoms with Gasteiger partial charge in [0.1, 0.15) is 11.6 Å². The third-order valence-electron chi connectivity index (χ3n) is 7.36. The minimum absolute atomic E-state index is 0.126. The Morgan fingerprint density at radius 2 is 2.00 bits per heavy atom. The van der Waals surface area contributed by atoms with Crippen molar-refractivity contribution in [3.8, 4) is 0 Å². The molecule has 5 atom stereocenters. The lowest BCUT2D eigenvalue weighted by Gasteiger charge is -2.32. The van der Waals surface area contributed by atoms with Gasteiger partial charge in [-0.2, -0.15) is 0 Å². The quantitative estimate of drug-likeness (QED) is 0.672. The van der Waals surface area contributed by atoms with Gasteiger partial charge in [0.15, 0.2) is 0 Å². The predicted molar refractivity (Wildman–Crippen MR) is 120 cm³/mol. The molecule has 2 N–H and O–H groups in total. The van der Waals surface area contributed by atoms with Gasteiger partial charge in [-0.15, -0.1) is 6.58 Å². The van der Waals surface area contributed by atoms with Crippen molar-refractivity contribution in [2.24, 2.45) is 11.8 Å². The number of carbonyl (C=O) groups excluding carboxylic acids is 3. The summed E-state index contributed by atoms with van der Waals surface area (Å²) >= 11 is 0. The van der Waals surface area contributed by atoms with E-state index >= 15 is 0 Å². The van der Waals surface area contributed by atoms with E-state index in [1.807, 2.05) is 43.3 Å². The van der Waals surface area contributed by atoms with E-state index in [1.165, 1.54) is 4.90 Å². The number of benzene rings is 1. The molecule has 1 saturated carbocycles. The fraction of sp³-hybridized carbons (Fsp3) is 0.480. The van der Waals surface area contributed by atoms with E-state index in [0.29, 0.717) is 5.69 Å². The zero-order valence-electron chi connectivity index (χ0n) is 18.3. The van der Waals surface area contributed by atoms with Crippen LogP contribution in [0.3, 0.4) is 0 Å². The number of ether oxygens (including phenoxy) is 1. The molecule has 1 aliphatic carbocycles. The minimum Gasteiger partial charge on any atom is -0.359 e. The van der Waals surface area contributed by atoms with Crippen LogP contribution in [-0.4, -0.2) is 53.0 Å². The molecule has 32 heavy (non-hydrogen) atoms. The van der Waals surface area contributed by atoms with Crippen LogP contribution in [0.1, 0.15) is 31.2 Å². The van der Waals surface area contributed by atoms with Crippen molar-refractivity contribution < 1.29 is 19.1 Å². The Morgan fingerprint density at radius 3 is 2.72 bits per heavy atom. The number of nitrogens with one attached hydrogen (secondary N) is 2. The first-order valence-corrected chi connectivity index (χ1v) is 11.4. The molecule has 1 aromatic rings. The number of para-hydroxylation sites is 1. The average molecular weight is 436 g/mol. The van der Waals surface area contributed by atoms with Gasteiger partial charge in [0.2, 0.25) is 17.7 Å². The molecule has 3 aliphatic heterocycles. The van der Waals surface area contributed by atoms with Crippen molar-refractivity contribution in [3.05, 3.63) is 54.6 Å². The molecule has 2 saturated heterocycles. The lowest BCUT2D eigenvalue weighted by Crippen LogP contribution is -2.56. The highest BCUT2D eigenvalue weighted by Gasteiger charge is 2.72. The van der Waals surface area contributed by atoms with Gasteiger partial charge in [0.25, 0.3) is 0 Å². The lowest BCUT2D eigenvalue weighted by molar-refractivity contribution is -0.140. The highest BCUT2D eigenvalue weighted by molar-refractivity contribution is 6.03. The maximum Gasteiger partial charge on any atom is 0.246 e. The number of rotatable bonds is 6. The Bertz CT molecular complexity index is 999. The fourth-order valence-corrected chi connectivity index (χ4v) is 5.88. The van der Waals surface area contributed by atoms with Crippen molar-refractivity contribution in [1.29, 1.82) is 0 Å². The van der Waals surface area contributed by atoms with Crippen molar-refractivity contribution in [2.75, 3.05) is 11.9 Å². The van der Waals surface area contributed by atoms with Gasteiger partial charge in [0, 0.05) is 18.3 Å². The number of carbonyl (C=O) groups is 3. The first-order valence-electron chi connectivity index (χ1n) is 11.4. The lowest BCUT2D eigenvalue weighted by atomic mass is 9.74. The molecule has 3 fully saturated rings. The van der Waals surface area contributed by atoms with Gasteiger partial charge < -0.3 is 20.3 Å². The third kappa shape index (κ3) is 3.10. The van der Waals surface area contributed by atoms with Crippen molar-refractivity contribution in [1.82, 2.24) is 10.2 Å². The smallest absolute Gasteiger partial charge is 0.246 e. The first kappa shape index (κ1) is 20.9. The van der Waals surface area contributed by atoms with Crippen LogP contribution >= 0.6 is 0 Å². The second-order valence-corrected chi connectivity index (χ2v) is 9.27. The number of hydrogen-bond donors (Lipinski definition) is 2. The number of anilines is 1. The highest BCUT2D eigenvalue weighted by atomic mass is 16.5. The van der Waals surface area contributed by atoms with Crippen LogP contribution in [0.15, 0.2) is 49.1 Å². The molecule has 7 heteroatoms. The van der Waals surface area contributed by atoms with Crippen LogP contribution in [0.4, 0.5) is 5.69 Å². The topological polar surface area (TPSA) is 87.7 Å². The summed E-state index contributed by atoms with van der Waals surface area (Å²) in [6.07, 6.45) is 8.84. The number of hydrogen-bond acceptors (Lipinski definition) is 4. The van der Waals surface area contributed by atoms with Gasteiger partial charge in [-0.05, 0) is 31.4 Å². The molecule has 0 radical (unpaired) electrons. The van der Waals surface area contributed by atoms with E-state index < -0.39 is 29.6 Å². The molecule has 4 aliphatic rings. The van der Waals surface area contributed by atoms with E-state index in [1.54, 1.807) is 6.08 Å². The van der Waals surface area contributed by atoms with E-state index in [9.17, 15) is 14.4 Å². The van der Waals surface area contributed by atoms with Crippen LogP contribution < -0.4 is 10.6 Å². The normalized spacial score (nSPS) is 32.9. The zero-order chi connectivity index (χ0) is 22.5. The number of aryl methyl sites for hydroxylation is 1. The van der Waals surface area contributed by atoms with Crippen LogP contribution in [0.2, 0.25) is 0 Å². The summed E-state index contributed by atoms with van der Waals surface area (Å²) < 4.78 is 6.30. The number of amides is 3. The molecule has 1 aromatic carbocycles. The Kier molecular flexibility index (Phi) is 5.16. The number of nitrogens with zero attached hydrogens (tertiary/aromatic N) is 1. The SMILES string of the molecule is C=CCN1C(=O)[C@@H]2[C@@H](C(=O)Nc3ccccc3C)[C@@H]3C=C[C@@]2(O3)[C@H]1C(=O)NC1CCCC1. The van der Waals surface area contributed by atoms with Crippen molar-refractivity contribution in [2.45, 2.75) is 56.4 Å². The first-order chi connectivity index (χ1) is 15.5. The molecule has 3 heterocycles. The fourth-order valence-electron chi connectivity index (χ4n) is 5.88. The summed E-state index contributed by atoms with van der Waals surface area (Å²) in [6.45, 7) is 5.92.